The Morgan fingerprint density at radius 1 is 0.903 bits per heavy atom. The molecule has 2 saturated heterocycles. The van der Waals surface area contributed by atoms with E-state index in [0.29, 0.717) is 25.9 Å². The van der Waals surface area contributed by atoms with Crippen LogP contribution >= 0.6 is 0 Å². The Balaban J connectivity index is 1.28. The van der Waals surface area contributed by atoms with E-state index in [1.165, 1.54) is 5.69 Å². The van der Waals surface area contributed by atoms with E-state index in [1.807, 2.05) is 54.3 Å². The van der Waals surface area contributed by atoms with Crippen molar-refractivity contribution < 1.29 is 13.2 Å². The van der Waals surface area contributed by atoms with Crippen LogP contribution < -0.4 is 4.90 Å². The Kier molecular flexibility index (Phi) is 6.62. The zero-order valence-corrected chi connectivity index (χ0v) is 18.9. The Morgan fingerprint density at radius 2 is 1.58 bits per heavy atom. The summed E-state index contributed by atoms with van der Waals surface area (Å²) >= 11 is 0. The lowest BCUT2D eigenvalue weighted by atomic mass is 9.96. The van der Waals surface area contributed by atoms with Crippen molar-refractivity contribution in [3.8, 4) is 0 Å². The van der Waals surface area contributed by atoms with Crippen molar-refractivity contribution in [2.24, 2.45) is 5.92 Å². The average molecular weight is 442 g/mol. The van der Waals surface area contributed by atoms with Gasteiger partial charge in [0.25, 0.3) is 0 Å². The van der Waals surface area contributed by atoms with Crippen LogP contribution in [-0.2, 0) is 20.6 Å². The number of amides is 1. The number of rotatable bonds is 5. The molecule has 166 valence electrons. The number of hydrogen-bond donors (Lipinski definition) is 0. The highest BCUT2D eigenvalue weighted by Crippen LogP contribution is 2.25. The lowest BCUT2D eigenvalue weighted by Gasteiger charge is -2.39. The van der Waals surface area contributed by atoms with Crippen LogP contribution in [0.15, 0.2) is 54.6 Å². The molecule has 0 aromatic heterocycles. The second kappa shape index (κ2) is 9.40. The molecule has 0 aliphatic carbocycles. The molecular formula is C24H31N3O3S. The van der Waals surface area contributed by atoms with Crippen molar-refractivity contribution >= 4 is 21.6 Å². The van der Waals surface area contributed by atoms with Crippen LogP contribution in [-0.4, -0.2) is 62.8 Å². The zero-order valence-electron chi connectivity index (χ0n) is 18.1. The summed E-state index contributed by atoms with van der Waals surface area (Å²) in [6.45, 7) is 5.92. The van der Waals surface area contributed by atoms with E-state index in [2.05, 4.69) is 17.0 Å². The van der Waals surface area contributed by atoms with Gasteiger partial charge < -0.3 is 9.80 Å². The predicted octanol–water partition coefficient (Wildman–Crippen LogP) is 2.89. The summed E-state index contributed by atoms with van der Waals surface area (Å²) in [6, 6.07) is 17.9. The molecule has 0 saturated carbocycles. The number of carbonyl (C=O) groups is 1. The number of hydrogen-bond acceptors (Lipinski definition) is 4. The van der Waals surface area contributed by atoms with Crippen molar-refractivity contribution in [2.45, 2.75) is 25.5 Å². The number of anilines is 1. The summed E-state index contributed by atoms with van der Waals surface area (Å²) in [5.74, 6) is 0.131. The molecule has 2 aliphatic rings. The molecule has 7 heteroatoms. The molecule has 2 heterocycles. The van der Waals surface area contributed by atoms with Crippen molar-refractivity contribution in [3.05, 3.63) is 65.7 Å². The summed E-state index contributed by atoms with van der Waals surface area (Å²) in [7, 11) is -3.36. The molecule has 31 heavy (non-hydrogen) atoms. The number of piperidine rings is 1. The maximum absolute atomic E-state index is 13.0. The summed E-state index contributed by atoms with van der Waals surface area (Å²) in [4.78, 5) is 17.3. The summed E-state index contributed by atoms with van der Waals surface area (Å²) in [5, 5.41) is 0. The van der Waals surface area contributed by atoms with Crippen molar-refractivity contribution in [1.82, 2.24) is 9.21 Å². The summed E-state index contributed by atoms with van der Waals surface area (Å²) < 4.78 is 27.2. The standard InChI is InChI=1S/C24H31N3O3S/c1-20-6-5-7-21(18-20)19-31(29,30)27-12-10-22(11-13-27)24(28)26-16-14-25(15-17-26)23-8-3-2-4-9-23/h2-9,18,22H,10-17,19H2,1H3. The zero-order chi connectivity index (χ0) is 21.8. The Hall–Kier alpha value is -2.38. The molecule has 2 aliphatic heterocycles. The number of para-hydroxylation sites is 1. The lowest BCUT2D eigenvalue weighted by molar-refractivity contribution is -0.137. The van der Waals surface area contributed by atoms with Crippen LogP contribution in [0.1, 0.15) is 24.0 Å². The second-order valence-corrected chi connectivity index (χ2v) is 10.5. The van der Waals surface area contributed by atoms with E-state index in [1.54, 1.807) is 4.31 Å². The van der Waals surface area contributed by atoms with E-state index in [-0.39, 0.29) is 17.6 Å². The molecule has 1 amide bonds. The lowest BCUT2D eigenvalue weighted by Crippen LogP contribution is -2.52. The van der Waals surface area contributed by atoms with Gasteiger partial charge in [-0.3, -0.25) is 4.79 Å². The molecule has 4 rings (SSSR count). The molecule has 0 radical (unpaired) electrons. The number of nitrogens with zero attached hydrogens (tertiary/aromatic N) is 3. The van der Waals surface area contributed by atoms with Crippen molar-refractivity contribution in [2.75, 3.05) is 44.2 Å². The summed E-state index contributed by atoms with van der Waals surface area (Å²) in [6.07, 6.45) is 1.20. The molecule has 0 N–H and O–H groups in total. The quantitative estimate of drug-likeness (QED) is 0.716. The van der Waals surface area contributed by atoms with Gasteiger partial charge in [-0.2, -0.15) is 0 Å². The Labute approximate surface area is 185 Å². The minimum absolute atomic E-state index is 0.0226. The molecule has 6 nitrogen and oxygen atoms in total. The fourth-order valence-corrected chi connectivity index (χ4v) is 6.12. The van der Waals surface area contributed by atoms with Crippen molar-refractivity contribution in [1.29, 1.82) is 0 Å². The SMILES string of the molecule is Cc1cccc(CS(=O)(=O)N2CCC(C(=O)N3CCN(c4ccccc4)CC3)CC2)c1. The third kappa shape index (κ3) is 5.28. The van der Waals surface area contributed by atoms with Crippen LogP contribution in [0.25, 0.3) is 0 Å². The number of aryl methyl sites for hydroxylation is 1. The molecule has 0 spiro atoms. The minimum atomic E-state index is -3.36. The van der Waals surface area contributed by atoms with Crippen LogP contribution in [0.5, 0.6) is 0 Å². The van der Waals surface area contributed by atoms with Gasteiger partial charge in [0.05, 0.1) is 5.75 Å². The number of carbonyl (C=O) groups excluding carboxylic acids is 1. The molecule has 0 bridgehead atoms. The van der Waals surface area contributed by atoms with Gasteiger partial charge >= 0.3 is 0 Å². The van der Waals surface area contributed by atoms with E-state index in [4.69, 9.17) is 0 Å². The van der Waals surface area contributed by atoms with Gasteiger partial charge in [-0.25, -0.2) is 12.7 Å². The normalized spacial score (nSPS) is 18.9. The van der Waals surface area contributed by atoms with Crippen LogP contribution in [0.3, 0.4) is 0 Å². The highest BCUT2D eigenvalue weighted by atomic mass is 32.2. The smallest absolute Gasteiger partial charge is 0.225 e. The molecule has 2 aromatic carbocycles. The number of sulfonamides is 1. The molecule has 0 atom stereocenters. The third-order valence-corrected chi connectivity index (χ3v) is 8.19. The monoisotopic (exact) mass is 441 g/mol. The van der Waals surface area contributed by atoms with Gasteiger partial charge in [-0.05, 0) is 37.5 Å². The molecule has 2 fully saturated rings. The van der Waals surface area contributed by atoms with Gasteiger partial charge in [-0.1, -0.05) is 48.0 Å². The van der Waals surface area contributed by atoms with Gasteiger partial charge in [0.2, 0.25) is 15.9 Å². The van der Waals surface area contributed by atoms with E-state index in [9.17, 15) is 13.2 Å². The Bertz CT molecular complexity index is 994. The average Bonchev–Trinajstić information content (AvgIpc) is 2.79. The first-order valence-corrected chi connectivity index (χ1v) is 12.7. The van der Waals surface area contributed by atoms with Gasteiger partial charge in [0.15, 0.2) is 0 Å². The van der Waals surface area contributed by atoms with Gasteiger partial charge in [-0.15, -0.1) is 0 Å². The topological polar surface area (TPSA) is 60.9 Å². The maximum Gasteiger partial charge on any atom is 0.225 e. The molecule has 2 aromatic rings. The van der Waals surface area contributed by atoms with Crippen LogP contribution in [0.2, 0.25) is 0 Å². The first kappa shape index (κ1) is 21.8. The highest BCUT2D eigenvalue weighted by molar-refractivity contribution is 7.88. The molecule has 0 unspecified atom stereocenters. The molecular weight excluding hydrogens is 410 g/mol. The summed E-state index contributed by atoms with van der Waals surface area (Å²) in [5.41, 5.74) is 3.07. The third-order valence-electron chi connectivity index (χ3n) is 6.34. The Morgan fingerprint density at radius 3 is 2.23 bits per heavy atom. The number of benzene rings is 2. The highest BCUT2D eigenvalue weighted by Gasteiger charge is 2.34. The second-order valence-electron chi connectivity index (χ2n) is 8.57. The maximum atomic E-state index is 13.0. The van der Waals surface area contributed by atoms with Crippen LogP contribution in [0.4, 0.5) is 5.69 Å². The number of piperazine rings is 1. The van der Waals surface area contributed by atoms with E-state index < -0.39 is 10.0 Å². The van der Waals surface area contributed by atoms with E-state index in [0.717, 1.165) is 37.3 Å². The first-order valence-electron chi connectivity index (χ1n) is 11.0. The van der Waals surface area contributed by atoms with Crippen LogP contribution in [0, 0.1) is 12.8 Å². The van der Waals surface area contributed by atoms with Crippen molar-refractivity contribution in [3.63, 3.8) is 0 Å². The predicted molar refractivity (Wildman–Crippen MR) is 123 cm³/mol. The fraction of sp³-hybridized carbons (Fsp3) is 0.458. The minimum Gasteiger partial charge on any atom is -0.368 e. The van der Waals surface area contributed by atoms with Gasteiger partial charge in [0, 0.05) is 50.9 Å². The fourth-order valence-electron chi connectivity index (χ4n) is 4.57. The first-order chi connectivity index (χ1) is 14.9. The van der Waals surface area contributed by atoms with Gasteiger partial charge in [0.1, 0.15) is 0 Å². The largest absolute Gasteiger partial charge is 0.368 e. The van der Waals surface area contributed by atoms with E-state index >= 15 is 0 Å².